The first-order chi connectivity index (χ1) is 10.1. The number of hydrogen-bond donors (Lipinski definition) is 1. The van der Waals surface area contributed by atoms with Crippen LogP contribution in [0.3, 0.4) is 0 Å². The molecular weight excluding hydrogens is 268 g/mol. The Bertz CT molecular complexity index is 540. The molecule has 1 N–H and O–H groups in total. The molecule has 5 nitrogen and oxygen atoms in total. The molecule has 0 radical (unpaired) electrons. The third-order valence-corrected chi connectivity index (χ3v) is 4.25. The maximum Gasteiger partial charge on any atom is 0.253 e. The summed E-state index contributed by atoms with van der Waals surface area (Å²) >= 11 is 0. The fraction of sp³-hybridized carbons (Fsp3) is 0.562. The normalized spacial score (nSPS) is 19.6. The summed E-state index contributed by atoms with van der Waals surface area (Å²) in [6, 6.07) is 5.90. The molecule has 1 aromatic carbocycles. The number of nitrogens with zero attached hydrogens (tertiary/aromatic N) is 1. The van der Waals surface area contributed by atoms with Gasteiger partial charge >= 0.3 is 0 Å². The molecule has 1 saturated heterocycles. The highest BCUT2D eigenvalue weighted by Crippen LogP contribution is 2.30. The minimum absolute atomic E-state index is 0.0363. The zero-order chi connectivity index (χ0) is 14.9. The number of hydrogen-bond acceptors (Lipinski definition) is 4. The van der Waals surface area contributed by atoms with Crippen molar-refractivity contribution in [3.8, 4) is 5.75 Å². The van der Waals surface area contributed by atoms with Crippen LogP contribution in [0.4, 0.5) is 5.69 Å². The van der Waals surface area contributed by atoms with Crippen LogP contribution in [0.5, 0.6) is 5.75 Å². The van der Waals surface area contributed by atoms with Crippen LogP contribution in [-0.2, 0) is 16.0 Å². The zero-order valence-corrected chi connectivity index (χ0v) is 12.6. The first-order valence-electron chi connectivity index (χ1n) is 7.43. The number of nitrogens with one attached hydrogen (secondary N) is 1. The summed E-state index contributed by atoms with van der Waals surface area (Å²) in [5.74, 6) is 0.876. The van der Waals surface area contributed by atoms with Crippen molar-refractivity contribution in [3.05, 3.63) is 23.8 Å². The predicted octanol–water partition coefficient (Wildman–Crippen LogP) is 1.35. The van der Waals surface area contributed by atoms with Gasteiger partial charge in [0, 0.05) is 25.3 Å². The number of methoxy groups -OCH3 is 1. The van der Waals surface area contributed by atoms with E-state index in [9.17, 15) is 4.79 Å². The second-order valence-corrected chi connectivity index (χ2v) is 5.99. The summed E-state index contributed by atoms with van der Waals surface area (Å²) < 4.78 is 11.0. The molecule has 0 aliphatic carbocycles. The van der Waals surface area contributed by atoms with Crippen LogP contribution in [0.25, 0.3) is 0 Å². The lowest BCUT2D eigenvalue weighted by Crippen LogP contribution is -2.59. The molecule has 114 valence electrons. The van der Waals surface area contributed by atoms with Crippen molar-refractivity contribution < 1.29 is 14.3 Å². The second kappa shape index (κ2) is 5.66. The van der Waals surface area contributed by atoms with E-state index in [0.29, 0.717) is 0 Å². The molecule has 0 atom stereocenters. The van der Waals surface area contributed by atoms with E-state index in [4.69, 9.17) is 9.47 Å². The molecule has 21 heavy (non-hydrogen) atoms. The maximum absolute atomic E-state index is 12.5. The van der Waals surface area contributed by atoms with E-state index in [2.05, 4.69) is 5.32 Å². The van der Waals surface area contributed by atoms with Crippen LogP contribution in [0.15, 0.2) is 18.2 Å². The van der Waals surface area contributed by atoms with Crippen LogP contribution in [0.2, 0.25) is 0 Å². The molecule has 2 aliphatic heterocycles. The lowest BCUT2D eigenvalue weighted by molar-refractivity contribution is -0.133. The number of amides is 1. The minimum Gasteiger partial charge on any atom is -0.497 e. The average Bonchev–Trinajstić information content (AvgIpc) is 2.49. The lowest BCUT2D eigenvalue weighted by atomic mass is 10.00. The quantitative estimate of drug-likeness (QED) is 0.909. The Labute approximate surface area is 125 Å². The topological polar surface area (TPSA) is 50.8 Å². The summed E-state index contributed by atoms with van der Waals surface area (Å²) in [6.45, 7) is 4.56. The van der Waals surface area contributed by atoms with Crippen LogP contribution in [-0.4, -0.2) is 44.9 Å². The predicted molar refractivity (Wildman–Crippen MR) is 80.9 cm³/mol. The Morgan fingerprint density at radius 2 is 2.24 bits per heavy atom. The van der Waals surface area contributed by atoms with E-state index in [0.717, 1.165) is 43.9 Å². The molecule has 0 aromatic heterocycles. The molecule has 2 aliphatic rings. The molecule has 0 saturated carbocycles. The largest absolute Gasteiger partial charge is 0.497 e. The lowest BCUT2D eigenvalue weighted by Gasteiger charge is -2.39. The van der Waals surface area contributed by atoms with Crippen LogP contribution in [0, 0.1) is 0 Å². The van der Waals surface area contributed by atoms with Gasteiger partial charge in [0.25, 0.3) is 5.91 Å². The molecule has 0 unspecified atom stereocenters. The first-order valence-corrected chi connectivity index (χ1v) is 7.43. The number of carbonyl (C=O) groups excluding carboxylic acids is 1. The highest BCUT2D eigenvalue weighted by Gasteiger charge is 2.34. The fourth-order valence-corrected chi connectivity index (χ4v) is 2.85. The zero-order valence-electron chi connectivity index (χ0n) is 12.6. The van der Waals surface area contributed by atoms with E-state index in [1.165, 1.54) is 5.56 Å². The number of rotatable bonds is 4. The number of fused-ring (bicyclic) bond motifs is 1. The fourth-order valence-electron chi connectivity index (χ4n) is 2.85. The summed E-state index contributed by atoms with van der Waals surface area (Å²) in [5, 5.41) is 3.17. The Kier molecular flexibility index (Phi) is 3.87. The van der Waals surface area contributed by atoms with Gasteiger partial charge in [-0.05, 0) is 43.5 Å². The van der Waals surface area contributed by atoms with Gasteiger partial charge in [-0.2, -0.15) is 0 Å². The smallest absolute Gasteiger partial charge is 0.253 e. The molecule has 3 rings (SSSR count). The molecule has 1 fully saturated rings. The van der Waals surface area contributed by atoms with Gasteiger partial charge in [0.1, 0.15) is 12.4 Å². The van der Waals surface area contributed by atoms with Gasteiger partial charge in [-0.1, -0.05) is 0 Å². The third-order valence-electron chi connectivity index (χ3n) is 4.25. The summed E-state index contributed by atoms with van der Waals surface area (Å²) in [5.41, 5.74) is 1.98. The molecule has 5 heteroatoms. The van der Waals surface area contributed by atoms with Crippen molar-refractivity contribution in [1.82, 2.24) is 5.32 Å². The summed E-state index contributed by atoms with van der Waals surface area (Å²) in [7, 11) is 1.66. The van der Waals surface area contributed by atoms with E-state index < -0.39 is 0 Å². The summed E-state index contributed by atoms with van der Waals surface area (Å²) in [4.78, 5) is 14.3. The molecule has 2 heterocycles. The standard InChI is InChI=1S/C16H22N2O3/c1-16(10-17-11-16)21-9-15(19)18-7-3-4-12-8-13(20-2)5-6-14(12)18/h5-6,8,17H,3-4,7,9-11H2,1-2H3. The van der Waals surface area contributed by atoms with E-state index >= 15 is 0 Å². The van der Waals surface area contributed by atoms with Gasteiger partial charge in [-0.15, -0.1) is 0 Å². The molecule has 0 spiro atoms. The molecule has 1 amide bonds. The monoisotopic (exact) mass is 290 g/mol. The molecule has 1 aromatic rings. The maximum atomic E-state index is 12.5. The number of ether oxygens (including phenoxy) is 2. The summed E-state index contributed by atoms with van der Waals surface area (Å²) in [6.07, 6.45) is 1.96. The van der Waals surface area contributed by atoms with Gasteiger partial charge in [-0.25, -0.2) is 0 Å². The van der Waals surface area contributed by atoms with Gasteiger partial charge < -0.3 is 19.7 Å². The van der Waals surface area contributed by atoms with E-state index in [1.807, 2.05) is 30.0 Å². The van der Waals surface area contributed by atoms with Gasteiger partial charge in [-0.3, -0.25) is 4.79 Å². The SMILES string of the molecule is COc1ccc2c(c1)CCCN2C(=O)COC1(C)CNC1. The number of anilines is 1. The number of carbonyl (C=O) groups is 1. The second-order valence-electron chi connectivity index (χ2n) is 5.99. The molecule has 0 bridgehead atoms. The van der Waals surface area contributed by atoms with Crippen molar-refractivity contribution in [2.75, 3.05) is 38.3 Å². The number of benzene rings is 1. The van der Waals surface area contributed by atoms with E-state index in [-0.39, 0.29) is 18.1 Å². The average molecular weight is 290 g/mol. The Balaban J connectivity index is 1.70. The van der Waals surface area contributed by atoms with Crippen molar-refractivity contribution in [3.63, 3.8) is 0 Å². The van der Waals surface area contributed by atoms with Gasteiger partial charge in [0.05, 0.1) is 12.7 Å². The van der Waals surface area contributed by atoms with Gasteiger partial charge in [0.15, 0.2) is 0 Å². The van der Waals surface area contributed by atoms with Crippen molar-refractivity contribution >= 4 is 11.6 Å². The van der Waals surface area contributed by atoms with Crippen LogP contribution < -0.4 is 15.0 Å². The first kappa shape index (κ1) is 14.4. The Morgan fingerprint density at radius 3 is 2.90 bits per heavy atom. The van der Waals surface area contributed by atoms with Crippen LogP contribution >= 0.6 is 0 Å². The van der Waals surface area contributed by atoms with Crippen molar-refractivity contribution in [2.24, 2.45) is 0 Å². The van der Waals surface area contributed by atoms with E-state index in [1.54, 1.807) is 7.11 Å². The van der Waals surface area contributed by atoms with Crippen LogP contribution in [0.1, 0.15) is 18.9 Å². The van der Waals surface area contributed by atoms with Crippen molar-refractivity contribution in [2.45, 2.75) is 25.4 Å². The third kappa shape index (κ3) is 2.89. The van der Waals surface area contributed by atoms with Crippen molar-refractivity contribution in [1.29, 1.82) is 0 Å². The Morgan fingerprint density at radius 1 is 1.43 bits per heavy atom. The van der Waals surface area contributed by atoms with Gasteiger partial charge in [0.2, 0.25) is 0 Å². The number of aryl methyl sites for hydroxylation is 1. The highest BCUT2D eigenvalue weighted by molar-refractivity contribution is 5.95. The highest BCUT2D eigenvalue weighted by atomic mass is 16.5. The molecular formula is C16H22N2O3. The minimum atomic E-state index is -0.186. The Hall–Kier alpha value is -1.59.